The molecule has 0 atom stereocenters. The number of anilines is 1. The molecule has 1 saturated heterocycles. The van der Waals surface area contributed by atoms with Crippen molar-refractivity contribution < 1.29 is 0 Å². The van der Waals surface area contributed by atoms with Crippen molar-refractivity contribution in [3.63, 3.8) is 0 Å². The van der Waals surface area contributed by atoms with Crippen LogP contribution in [0.15, 0.2) is 17.1 Å². The van der Waals surface area contributed by atoms with E-state index in [9.17, 15) is 4.79 Å². The molecule has 2 N–H and O–H groups in total. The molecule has 0 spiro atoms. The van der Waals surface area contributed by atoms with Gasteiger partial charge >= 0.3 is 0 Å². The van der Waals surface area contributed by atoms with E-state index in [0.717, 1.165) is 38.3 Å². The number of nitrogens with zero attached hydrogens (tertiary/aromatic N) is 4. The van der Waals surface area contributed by atoms with Crippen molar-refractivity contribution in [2.75, 3.05) is 44.7 Å². The lowest BCUT2D eigenvalue weighted by Gasteiger charge is -2.33. The average molecular weight is 293 g/mol. The van der Waals surface area contributed by atoms with Gasteiger partial charge in [-0.15, -0.1) is 0 Å². The first kappa shape index (κ1) is 16.0. The third-order valence-electron chi connectivity index (χ3n) is 4.28. The molecule has 1 aromatic heterocycles. The summed E-state index contributed by atoms with van der Waals surface area (Å²) in [6.45, 7) is 9.38. The Labute approximate surface area is 126 Å². The fraction of sp³-hybridized carbons (Fsp3) is 0.733. The van der Waals surface area contributed by atoms with Crippen molar-refractivity contribution >= 4 is 5.69 Å². The predicted molar refractivity (Wildman–Crippen MR) is 85.7 cm³/mol. The molecule has 1 aromatic rings. The van der Waals surface area contributed by atoms with E-state index in [1.54, 1.807) is 6.07 Å². The Bertz CT molecular complexity index is 517. The number of hydrogen-bond donors (Lipinski definition) is 1. The lowest BCUT2D eigenvalue weighted by molar-refractivity contribution is 0.309. The largest absolute Gasteiger partial charge is 0.368 e. The van der Waals surface area contributed by atoms with E-state index in [1.165, 1.54) is 4.68 Å². The highest BCUT2D eigenvalue weighted by molar-refractivity contribution is 5.43. The van der Waals surface area contributed by atoms with Gasteiger partial charge in [0.2, 0.25) is 0 Å². The summed E-state index contributed by atoms with van der Waals surface area (Å²) in [6.07, 6.45) is 2.66. The number of nitrogens with two attached hydrogens (primary N) is 1. The summed E-state index contributed by atoms with van der Waals surface area (Å²) >= 11 is 0. The lowest BCUT2D eigenvalue weighted by Crippen LogP contribution is -2.45. The standard InChI is InChI=1S/C15H27N5O/c1-15(2,12-16)4-5-20-14(21)10-13(11-17-20)19-8-6-18(3)7-9-19/h10-11H,4-9,12,16H2,1-3H3. The molecule has 2 rings (SSSR count). The van der Waals surface area contributed by atoms with Gasteiger partial charge in [0, 0.05) is 38.8 Å². The number of piperazine rings is 1. The van der Waals surface area contributed by atoms with E-state index in [-0.39, 0.29) is 11.0 Å². The van der Waals surface area contributed by atoms with Crippen LogP contribution >= 0.6 is 0 Å². The summed E-state index contributed by atoms with van der Waals surface area (Å²) in [5.74, 6) is 0. The molecule has 118 valence electrons. The van der Waals surface area contributed by atoms with Crippen LogP contribution in [-0.4, -0.2) is 54.5 Å². The molecule has 6 nitrogen and oxygen atoms in total. The number of likely N-dealkylation sites (N-methyl/N-ethyl adjacent to an activating group) is 1. The Morgan fingerprint density at radius 2 is 1.95 bits per heavy atom. The van der Waals surface area contributed by atoms with E-state index in [0.29, 0.717) is 13.1 Å². The molecule has 2 heterocycles. The molecular formula is C15H27N5O. The molecule has 1 aliphatic rings. The number of hydrogen-bond acceptors (Lipinski definition) is 5. The number of aromatic nitrogens is 2. The molecule has 1 aliphatic heterocycles. The molecule has 21 heavy (non-hydrogen) atoms. The van der Waals surface area contributed by atoms with E-state index >= 15 is 0 Å². The van der Waals surface area contributed by atoms with Crippen LogP contribution < -0.4 is 16.2 Å². The van der Waals surface area contributed by atoms with Crippen molar-refractivity contribution in [1.82, 2.24) is 14.7 Å². The highest BCUT2D eigenvalue weighted by Gasteiger charge is 2.17. The summed E-state index contributed by atoms with van der Waals surface area (Å²) in [5, 5.41) is 4.32. The molecule has 0 amide bonds. The second-order valence-corrected chi connectivity index (χ2v) is 6.68. The van der Waals surface area contributed by atoms with Crippen LogP contribution in [0, 0.1) is 5.41 Å². The third kappa shape index (κ3) is 4.28. The Morgan fingerprint density at radius 3 is 2.52 bits per heavy atom. The second-order valence-electron chi connectivity index (χ2n) is 6.68. The van der Waals surface area contributed by atoms with Gasteiger partial charge in [0.25, 0.3) is 5.56 Å². The van der Waals surface area contributed by atoms with E-state index in [2.05, 4.69) is 35.8 Å². The van der Waals surface area contributed by atoms with Crippen LogP contribution in [0.1, 0.15) is 20.3 Å². The Kier molecular flexibility index (Phi) is 5.00. The third-order valence-corrected chi connectivity index (χ3v) is 4.28. The maximum atomic E-state index is 12.2. The van der Waals surface area contributed by atoms with Crippen molar-refractivity contribution in [2.24, 2.45) is 11.1 Å². The monoisotopic (exact) mass is 293 g/mol. The van der Waals surface area contributed by atoms with E-state index in [4.69, 9.17) is 5.73 Å². The summed E-state index contributed by atoms with van der Waals surface area (Å²) < 4.78 is 1.54. The zero-order valence-corrected chi connectivity index (χ0v) is 13.4. The van der Waals surface area contributed by atoms with Gasteiger partial charge in [-0.2, -0.15) is 5.10 Å². The van der Waals surface area contributed by atoms with Gasteiger partial charge in [0.1, 0.15) is 0 Å². The van der Waals surface area contributed by atoms with Crippen LogP contribution in [0.3, 0.4) is 0 Å². The molecule has 0 saturated carbocycles. The molecule has 0 radical (unpaired) electrons. The van der Waals surface area contributed by atoms with Crippen LogP contribution in [0.25, 0.3) is 0 Å². The minimum Gasteiger partial charge on any atom is -0.368 e. The van der Waals surface area contributed by atoms with E-state index in [1.807, 2.05) is 6.20 Å². The van der Waals surface area contributed by atoms with Gasteiger partial charge in [-0.25, -0.2) is 4.68 Å². The quantitative estimate of drug-likeness (QED) is 0.849. The molecule has 0 aliphatic carbocycles. The van der Waals surface area contributed by atoms with Gasteiger partial charge in [-0.3, -0.25) is 4.79 Å². The molecule has 1 fully saturated rings. The summed E-state index contributed by atoms with van der Waals surface area (Å²) in [5.41, 5.74) is 6.67. The maximum Gasteiger partial charge on any atom is 0.268 e. The average Bonchev–Trinajstić information content (AvgIpc) is 2.47. The van der Waals surface area contributed by atoms with Crippen molar-refractivity contribution in [3.8, 4) is 0 Å². The van der Waals surface area contributed by atoms with Gasteiger partial charge in [-0.1, -0.05) is 13.8 Å². The SMILES string of the molecule is CN1CCN(c2cnn(CCC(C)(C)CN)c(=O)c2)CC1. The molecule has 0 bridgehead atoms. The topological polar surface area (TPSA) is 67.4 Å². The zero-order valence-electron chi connectivity index (χ0n) is 13.4. The molecule has 0 aromatic carbocycles. The highest BCUT2D eigenvalue weighted by Crippen LogP contribution is 2.18. The van der Waals surface area contributed by atoms with Crippen LogP contribution in [0.4, 0.5) is 5.69 Å². The molecular weight excluding hydrogens is 266 g/mol. The minimum absolute atomic E-state index is 0.0285. The fourth-order valence-corrected chi connectivity index (χ4v) is 2.34. The first-order valence-corrected chi connectivity index (χ1v) is 7.62. The predicted octanol–water partition coefficient (Wildman–Crippen LogP) is 0.370. The smallest absolute Gasteiger partial charge is 0.268 e. The summed E-state index contributed by atoms with van der Waals surface area (Å²) in [4.78, 5) is 16.7. The van der Waals surface area contributed by atoms with Crippen LogP contribution in [0.2, 0.25) is 0 Å². The molecule has 6 heteroatoms. The summed E-state index contributed by atoms with van der Waals surface area (Å²) in [7, 11) is 2.12. The lowest BCUT2D eigenvalue weighted by atomic mass is 9.90. The highest BCUT2D eigenvalue weighted by atomic mass is 16.1. The Hall–Kier alpha value is -1.40. The first-order chi connectivity index (χ1) is 9.91. The van der Waals surface area contributed by atoms with Crippen LogP contribution in [0.5, 0.6) is 0 Å². The zero-order chi connectivity index (χ0) is 15.5. The van der Waals surface area contributed by atoms with Crippen molar-refractivity contribution in [2.45, 2.75) is 26.8 Å². The van der Waals surface area contributed by atoms with Gasteiger partial charge in [0.05, 0.1) is 11.9 Å². The van der Waals surface area contributed by atoms with Crippen molar-refractivity contribution in [1.29, 1.82) is 0 Å². The fourth-order valence-electron chi connectivity index (χ4n) is 2.34. The second kappa shape index (κ2) is 6.58. The summed E-state index contributed by atoms with van der Waals surface area (Å²) in [6, 6.07) is 1.70. The molecule has 0 unspecified atom stereocenters. The Morgan fingerprint density at radius 1 is 1.29 bits per heavy atom. The normalized spacial score (nSPS) is 17.2. The van der Waals surface area contributed by atoms with Gasteiger partial charge in [0.15, 0.2) is 0 Å². The number of rotatable bonds is 5. The maximum absolute atomic E-state index is 12.2. The Balaban J connectivity index is 2.02. The minimum atomic E-state index is -0.0285. The van der Waals surface area contributed by atoms with Gasteiger partial charge in [-0.05, 0) is 25.4 Å². The number of aryl methyl sites for hydroxylation is 1. The van der Waals surface area contributed by atoms with Crippen LogP contribution in [-0.2, 0) is 6.54 Å². The van der Waals surface area contributed by atoms with E-state index < -0.39 is 0 Å². The van der Waals surface area contributed by atoms with Gasteiger partial charge < -0.3 is 15.5 Å². The van der Waals surface area contributed by atoms with Crippen molar-refractivity contribution in [3.05, 3.63) is 22.6 Å². The first-order valence-electron chi connectivity index (χ1n) is 7.62.